The number of benzene rings is 1. The number of nitrogens with zero attached hydrogens (tertiary/aromatic N) is 3. The van der Waals surface area contributed by atoms with Crippen LogP contribution in [0.1, 0.15) is 21.3 Å². The zero-order chi connectivity index (χ0) is 17.6. The predicted molar refractivity (Wildman–Crippen MR) is 101 cm³/mol. The molecule has 6 nitrogen and oxygen atoms in total. The SMILES string of the molecule is CN=C(NCc1cc(-c2ccccc2)no1)NCc1nc(C)c(C)s1. The van der Waals surface area contributed by atoms with E-state index in [9.17, 15) is 0 Å². The van der Waals surface area contributed by atoms with Crippen LogP contribution in [0.15, 0.2) is 45.9 Å². The lowest BCUT2D eigenvalue weighted by Crippen LogP contribution is -2.36. The number of hydrogen-bond acceptors (Lipinski definition) is 5. The normalized spacial score (nSPS) is 11.6. The molecule has 0 saturated carbocycles. The second-order valence-electron chi connectivity index (χ2n) is 5.57. The van der Waals surface area contributed by atoms with Gasteiger partial charge in [0.15, 0.2) is 11.7 Å². The topological polar surface area (TPSA) is 75.3 Å². The average Bonchev–Trinajstić information content (AvgIpc) is 3.23. The molecule has 3 rings (SSSR count). The van der Waals surface area contributed by atoms with Crippen LogP contribution in [-0.4, -0.2) is 23.1 Å². The lowest BCUT2D eigenvalue weighted by molar-refractivity contribution is 0.382. The minimum atomic E-state index is 0.509. The molecule has 0 fully saturated rings. The highest BCUT2D eigenvalue weighted by Gasteiger charge is 2.08. The summed E-state index contributed by atoms with van der Waals surface area (Å²) in [5.41, 5.74) is 2.95. The van der Waals surface area contributed by atoms with Crippen LogP contribution in [0.4, 0.5) is 0 Å². The highest BCUT2D eigenvalue weighted by molar-refractivity contribution is 7.11. The zero-order valence-corrected chi connectivity index (χ0v) is 15.4. The van der Waals surface area contributed by atoms with Gasteiger partial charge in [-0.05, 0) is 13.8 Å². The Labute approximate surface area is 151 Å². The van der Waals surface area contributed by atoms with Crippen molar-refractivity contribution in [3.05, 3.63) is 57.7 Å². The van der Waals surface area contributed by atoms with E-state index in [-0.39, 0.29) is 0 Å². The van der Waals surface area contributed by atoms with E-state index in [1.165, 1.54) is 4.88 Å². The standard InChI is InChI=1S/C18H21N5OS/c1-12-13(2)25-17(22-12)11-21-18(19-3)20-10-15-9-16(23-24-15)14-7-5-4-6-8-14/h4-9H,10-11H2,1-3H3,(H2,19,20,21). The maximum absolute atomic E-state index is 5.39. The first-order valence-electron chi connectivity index (χ1n) is 8.04. The van der Waals surface area contributed by atoms with Gasteiger partial charge < -0.3 is 15.2 Å². The van der Waals surface area contributed by atoms with Gasteiger partial charge in [0, 0.05) is 23.6 Å². The van der Waals surface area contributed by atoms with Crippen molar-refractivity contribution < 1.29 is 4.52 Å². The lowest BCUT2D eigenvalue weighted by Gasteiger charge is -2.09. The predicted octanol–water partition coefficient (Wildman–Crippen LogP) is 3.28. The Hall–Kier alpha value is -2.67. The summed E-state index contributed by atoms with van der Waals surface area (Å²) in [6.45, 7) is 5.26. The molecule has 2 N–H and O–H groups in total. The van der Waals surface area contributed by atoms with Crippen LogP contribution >= 0.6 is 11.3 Å². The fourth-order valence-corrected chi connectivity index (χ4v) is 3.18. The number of rotatable bonds is 5. The van der Waals surface area contributed by atoms with Crippen molar-refractivity contribution in [3.63, 3.8) is 0 Å². The highest BCUT2D eigenvalue weighted by atomic mass is 32.1. The number of nitrogens with one attached hydrogen (secondary N) is 2. The van der Waals surface area contributed by atoms with Gasteiger partial charge in [-0.2, -0.15) is 0 Å². The molecule has 0 aliphatic heterocycles. The van der Waals surface area contributed by atoms with E-state index in [2.05, 4.69) is 32.7 Å². The summed E-state index contributed by atoms with van der Waals surface area (Å²) in [6, 6.07) is 11.9. The molecule has 0 saturated heterocycles. The number of thiazole rings is 1. The van der Waals surface area contributed by atoms with Gasteiger partial charge in [0.1, 0.15) is 10.7 Å². The second kappa shape index (κ2) is 7.94. The Balaban J connectivity index is 1.54. The van der Waals surface area contributed by atoms with E-state index in [1.807, 2.05) is 43.3 Å². The van der Waals surface area contributed by atoms with Gasteiger partial charge in [-0.1, -0.05) is 35.5 Å². The minimum Gasteiger partial charge on any atom is -0.359 e. The molecule has 7 heteroatoms. The molecule has 130 valence electrons. The molecule has 0 bridgehead atoms. The van der Waals surface area contributed by atoms with E-state index in [1.54, 1.807) is 18.4 Å². The molecule has 1 aromatic carbocycles. The first kappa shape index (κ1) is 17.2. The molecule has 3 aromatic rings. The average molecular weight is 355 g/mol. The quantitative estimate of drug-likeness (QED) is 0.543. The van der Waals surface area contributed by atoms with Gasteiger partial charge in [0.05, 0.1) is 18.8 Å². The molecular formula is C18H21N5OS. The summed E-state index contributed by atoms with van der Waals surface area (Å²) in [5, 5.41) is 11.6. The summed E-state index contributed by atoms with van der Waals surface area (Å²) in [4.78, 5) is 9.98. The maximum atomic E-state index is 5.39. The van der Waals surface area contributed by atoms with E-state index < -0.39 is 0 Å². The van der Waals surface area contributed by atoms with Crippen molar-refractivity contribution in [1.29, 1.82) is 0 Å². The van der Waals surface area contributed by atoms with Crippen molar-refractivity contribution in [2.45, 2.75) is 26.9 Å². The number of guanidine groups is 1. The smallest absolute Gasteiger partial charge is 0.191 e. The third kappa shape index (κ3) is 4.45. The molecule has 0 aliphatic carbocycles. The lowest BCUT2D eigenvalue weighted by atomic mass is 10.1. The van der Waals surface area contributed by atoms with Crippen LogP contribution < -0.4 is 10.6 Å². The number of aromatic nitrogens is 2. The van der Waals surface area contributed by atoms with Gasteiger partial charge in [-0.15, -0.1) is 11.3 Å². The molecule has 0 amide bonds. The van der Waals surface area contributed by atoms with Gasteiger partial charge in [0.25, 0.3) is 0 Å². The summed E-state index contributed by atoms with van der Waals surface area (Å²) in [7, 11) is 1.74. The zero-order valence-electron chi connectivity index (χ0n) is 14.5. The van der Waals surface area contributed by atoms with Crippen LogP contribution in [0.2, 0.25) is 0 Å². The molecule has 0 unspecified atom stereocenters. The van der Waals surface area contributed by atoms with Crippen LogP contribution in [0.5, 0.6) is 0 Å². The minimum absolute atomic E-state index is 0.509. The van der Waals surface area contributed by atoms with Crippen molar-refractivity contribution in [1.82, 2.24) is 20.8 Å². The molecular weight excluding hydrogens is 334 g/mol. The first-order chi connectivity index (χ1) is 12.2. The summed E-state index contributed by atoms with van der Waals surface area (Å²) < 4.78 is 5.39. The molecule has 0 atom stereocenters. The fourth-order valence-electron chi connectivity index (χ4n) is 2.31. The first-order valence-corrected chi connectivity index (χ1v) is 8.86. The Morgan fingerprint density at radius 1 is 1.16 bits per heavy atom. The summed E-state index contributed by atoms with van der Waals surface area (Å²) >= 11 is 1.70. The monoisotopic (exact) mass is 355 g/mol. The largest absolute Gasteiger partial charge is 0.359 e. The van der Waals surface area contributed by atoms with Crippen LogP contribution in [-0.2, 0) is 13.1 Å². The van der Waals surface area contributed by atoms with Gasteiger partial charge in [0.2, 0.25) is 0 Å². The van der Waals surface area contributed by atoms with Gasteiger partial charge in [-0.3, -0.25) is 4.99 Å². The molecule has 0 radical (unpaired) electrons. The molecule has 0 spiro atoms. The van der Waals surface area contributed by atoms with Crippen LogP contribution in [0.3, 0.4) is 0 Å². The third-order valence-electron chi connectivity index (χ3n) is 3.76. The van der Waals surface area contributed by atoms with Crippen molar-refractivity contribution in [2.75, 3.05) is 7.05 Å². The fraction of sp³-hybridized carbons (Fsp3) is 0.278. The molecule has 2 aromatic heterocycles. The Kier molecular flexibility index (Phi) is 5.45. The van der Waals surface area contributed by atoms with Crippen LogP contribution in [0.25, 0.3) is 11.3 Å². The Bertz CT molecular complexity index is 834. The van der Waals surface area contributed by atoms with Crippen molar-refractivity contribution in [2.24, 2.45) is 4.99 Å². The number of aryl methyl sites for hydroxylation is 2. The maximum Gasteiger partial charge on any atom is 0.191 e. The number of hydrogen-bond donors (Lipinski definition) is 2. The van der Waals surface area contributed by atoms with E-state index >= 15 is 0 Å². The Morgan fingerprint density at radius 2 is 1.92 bits per heavy atom. The van der Waals surface area contributed by atoms with E-state index in [4.69, 9.17) is 4.52 Å². The molecule has 0 aliphatic rings. The van der Waals surface area contributed by atoms with Crippen molar-refractivity contribution >= 4 is 17.3 Å². The molecule has 25 heavy (non-hydrogen) atoms. The van der Waals surface area contributed by atoms with Gasteiger partial charge in [-0.25, -0.2) is 4.98 Å². The molecule has 2 heterocycles. The highest BCUT2D eigenvalue weighted by Crippen LogP contribution is 2.18. The second-order valence-corrected chi connectivity index (χ2v) is 6.86. The summed E-state index contributed by atoms with van der Waals surface area (Å²) in [6.07, 6.45) is 0. The van der Waals surface area contributed by atoms with Crippen LogP contribution in [0, 0.1) is 13.8 Å². The van der Waals surface area contributed by atoms with Gasteiger partial charge >= 0.3 is 0 Å². The van der Waals surface area contributed by atoms with E-state index in [0.717, 1.165) is 27.7 Å². The number of aliphatic imine (C=N–C) groups is 1. The summed E-state index contributed by atoms with van der Waals surface area (Å²) in [5.74, 6) is 1.45. The Morgan fingerprint density at radius 3 is 2.60 bits per heavy atom. The van der Waals surface area contributed by atoms with Crippen molar-refractivity contribution in [3.8, 4) is 11.3 Å². The van der Waals surface area contributed by atoms with E-state index in [0.29, 0.717) is 19.0 Å². The third-order valence-corrected chi connectivity index (χ3v) is 4.83.